The first-order valence-corrected chi connectivity index (χ1v) is 5.93. The van der Waals surface area contributed by atoms with Gasteiger partial charge in [-0.05, 0) is 37.5 Å². The fourth-order valence-electron chi connectivity index (χ4n) is 1.55. The van der Waals surface area contributed by atoms with Crippen LogP contribution in [0.4, 0.5) is 14.5 Å². The average molecular weight is 229 g/mol. The van der Waals surface area contributed by atoms with Crippen molar-refractivity contribution in [1.82, 2.24) is 0 Å². The fourth-order valence-corrected chi connectivity index (χ4v) is 2.11. The summed E-state index contributed by atoms with van der Waals surface area (Å²) in [6.45, 7) is 0. The van der Waals surface area contributed by atoms with Crippen molar-refractivity contribution < 1.29 is 8.78 Å². The third kappa shape index (κ3) is 3.09. The molecule has 82 valence electrons. The van der Waals surface area contributed by atoms with Gasteiger partial charge in [-0.1, -0.05) is 17.8 Å². The largest absolute Gasteiger partial charge is 0.382 e. The first-order valence-electron chi connectivity index (χ1n) is 5.05. The Labute approximate surface area is 92.3 Å². The summed E-state index contributed by atoms with van der Waals surface area (Å²) < 4.78 is 24.3. The average Bonchev–Trinajstić information content (AvgIpc) is 2.11. The number of halogens is 2. The molecule has 1 saturated carbocycles. The van der Waals surface area contributed by atoms with Gasteiger partial charge in [-0.25, -0.2) is 0 Å². The monoisotopic (exact) mass is 229 g/mol. The van der Waals surface area contributed by atoms with Crippen molar-refractivity contribution in [1.29, 1.82) is 0 Å². The second-order valence-electron chi connectivity index (χ2n) is 3.68. The van der Waals surface area contributed by atoms with Crippen LogP contribution >= 0.6 is 11.8 Å². The summed E-state index contributed by atoms with van der Waals surface area (Å²) in [5.74, 6) is -2.34. The van der Waals surface area contributed by atoms with Crippen LogP contribution in [0.15, 0.2) is 29.2 Å². The molecule has 15 heavy (non-hydrogen) atoms. The van der Waals surface area contributed by atoms with E-state index >= 15 is 0 Å². The highest BCUT2D eigenvalue weighted by molar-refractivity contribution is 7.99. The number of alkyl halides is 2. The summed E-state index contributed by atoms with van der Waals surface area (Å²) in [5.41, 5.74) is 0.949. The van der Waals surface area contributed by atoms with Crippen LogP contribution in [-0.4, -0.2) is 11.8 Å². The lowest BCUT2D eigenvalue weighted by Crippen LogP contribution is -2.26. The number of benzene rings is 1. The standard InChI is InChI=1S/C11H13F2NS/c12-11(13)15-10-6-2-5-9(7-10)14-8-3-1-4-8/h2,5-8,11,14H,1,3-4H2. The SMILES string of the molecule is FC(F)Sc1cccc(NC2CCC2)c1. The minimum atomic E-state index is -2.34. The lowest BCUT2D eigenvalue weighted by Gasteiger charge is -2.27. The van der Waals surface area contributed by atoms with E-state index in [1.807, 2.05) is 12.1 Å². The Morgan fingerprint density at radius 3 is 2.73 bits per heavy atom. The van der Waals surface area contributed by atoms with E-state index in [0.717, 1.165) is 5.69 Å². The molecule has 1 fully saturated rings. The molecule has 1 nitrogen and oxygen atoms in total. The highest BCUT2D eigenvalue weighted by atomic mass is 32.2. The quantitative estimate of drug-likeness (QED) is 0.784. The van der Waals surface area contributed by atoms with Crippen molar-refractivity contribution in [3.63, 3.8) is 0 Å². The second-order valence-corrected chi connectivity index (χ2v) is 4.74. The number of nitrogens with one attached hydrogen (secondary N) is 1. The molecular formula is C11H13F2NS. The van der Waals surface area contributed by atoms with Gasteiger partial charge in [0.2, 0.25) is 0 Å². The molecule has 0 amide bonds. The van der Waals surface area contributed by atoms with Crippen molar-refractivity contribution in [3.8, 4) is 0 Å². The smallest absolute Gasteiger partial charge is 0.288 e. The van der Waals surface area contributed by atoms with E-state index in [1.165, 1.54) is 19.3 Å². The normalized spacial score (nSPS) is 16.5. The Balaban J connectivity index is 1.98. The van der Waals surface area contributed by atoms with E-state index in [0.29, 0.717) is 22.7 Å². The minimum absolute atomic E-state index is 0.539. The van der Waals surface area contributed by atoms with Crippen molar-refractivity contribution in [3.05, 3.63) is 24.3 Å². The molecule has 0 radical (unpaired) electrons. The van der Waals surface area contributed by atoms with Crippen LogP contribution in [0.2, 0.25) is 0 Å². The Hall–Kier alpha value is -0.770. The van der Waals surface area contributed by atoms with Crippen molar-refractivity contribution in [2.24, 2.45) is 0 Å². The second kappa shape index (κ2) is 4.84. The van der Waals surface area contributed by atoms with E-state index in [4.69, 9.17) is 0 Å². The zero-order valence-corrected chi connectivity index (χ0v) is 9.07. The van der Waals surface area contributed by atoms with Crippen LogP contribution in [0.5, 0.6) is 0 Å². The van der Waals surface area contributed by atoms with E-state index in [1.54, 1.807) is 12.1 Å². The lowest BCUT2D eigenvalue weighted by atomic mass is 9.93. The summed E-state index contributed by atoms with van der Waals surface area (Å²) in [5, 5.41) is 3.33. The third-order valence-electron chi connectivity index (χ3n) is 2.54. The molecule has 0 unspecified atom stereocenters. The van der Waals surface area contributed by atoms with Crippen LogP contribution in [0.3, 0.4) is 0 Å². The van der Waals surface area contributed by atoms with E-state index in [-0.39, 0.29) is 0 Å². The van der Waals surface area contributed by atoms with Crippen molar-refractivity contribution in [2.75, 3.05) is 5.32 Å². The number of thioether (sulfide) groups is 1. The van der Waals surface area contributed by atoms with Crippen LogP contribution in [0.25, 0.3) is 0 Å². The van der Waals surface area contributed by atoms with Gasteiger partial charge in [0.25, 0.3) is 5.76 Å². The molecular weight excluding hydrogens is 216 g/mol. The maximum Gasteiger partial charge on any atom is 0.288 e. The topological polar surface area (TPSA) is 12.0 Å². The Morgan fingerprint density at radius 1 is 1.33 bits per heavy atom. The summed E-state index contributed by atoms with van der Waals surface area (Å²) in [7, 11) is 0. The summed E-state index contributed by atoms with van der Waals surface area (Å²) in [6.07, 6.45) is 3.64. The van der Waals surface area contributed by atoms with Crippen LogP contribution in [0, 0.1) is 0 Å². The molecule has 0 aromatic heterocycles. The zero-order chi connectivity index (χ0) is 10.7. The molecule has 0 spiro atoms. The Morgan fingerprint density at radius 2 is 2.13 bits per heavy atom. The van der Waals surface area contributed by atoms with Crippen molar-refractivity contribution >= 4 is 17.4 Å². The zero-order valence-electron chi connectivity index (χ0n) is 8.25. The maximum absolute atomic E-state index is 12.1. The van der Waals surface area contributed by atoms with Gasteiger partial charge in [0, 0.05) is 16.6 Å². The number of hydrogen-bond acceptors (Lipinski definition) is 2. The molecule has 2 rings (SSSR count). The summed E-state index contributed by atoms with van der Waals surface area (Å²) >= 11 is 0.592. The van der Waals surface area contributed by atoms with Gasteiger partial charge < -0.3 is 5.32 Å². The highest BCUT2D eigenvalue weighted by Crippen LogP contribution is 2.29. The third-order valence-corrected chi connectivity index (χ3v) is 3.24. The molecule has 1 aliphatic carbocycles. The van der Waals surface area contributed by atoms with Gasteiger partial charge in [0.1, 0.15) is 0 Å². The van der Waals surface area contributed by atoms with Gasteiger partial charge in [0.05, 0.1) is 0 Å². The first kappa shape index (κ1) is 10.7. The molecule has 1 aromatic carbocycles. The summed E-state index contributed by atoms with van der Waals surface area (Å²) in [6, 6.07) is 7.77. The molecule has 0 atom stereocenters. The van der Waals surface area contributed by atoms with Crippen molar-refractivity contribution in [2.45, 2.75) is 36.0 Å². The maximum atomic E-state index is 12.1. The Bertz CT molecular complexity index is 326. The van der Waals surface area contributed by atoms with E-state index in [2.05, 4.69) is 5.32 Å². The van der Waals surface area contributed by atoms with Crippen LogP contribution in [0.1, 0.15) is 19.3 Å². The molecule has 0 saturated heterocycles. The molecule has 0 aliphatic heterocycles. The van der Waals surface area contributed by atoms with Gasteiger partial charge >= 0.3 is 0 Å². The van der Waals surface area contributed by atoms with Crippen LogP contribution < -0.4 is 5.32 Å². The first-order chi connectivity index (χ1) is 7.24. The lowest BCUT2D eigenvalue weighted by molar-refractivity contribution is 0.252. The predicted octanol–water partition coefficient (Wildman–Crippen LogP) is 3.97. The van der Waals surface area contributed by atoms with E-state index < -0.39 is 5.76 Å². The van der Waals surface area contributed by atoms with Gasteiger partial charge in [-0.2, -0.15) is 8.78 Å². The molecule has 0 heterocycles. The predicted molar refractivity (Wildman–Crippen MR) is 59.6 cm³/mol. The minimum Gasteiger partial charge on any atom is -0.382 e. The molecule has 1 aliphatic rings. The molecule has 1 aromatic rings. The molecule has 0 bridgehead atoms. The van der Waals surface area contributed by atoms with Gasteiger partial charge in [0.15, 0.2) is 0 Å². The number of anilines is 1. The number of rotatable bonds is 4. The molecule has 4 heteroatoms. The van der Waals surface area contributed by atoms with Gasteiger partial charge in [-0.3, -0.25) is 0 Å². The summed E-state index contributed by atoms with van der Waals surface area (Å²) in [4.78, 5) is 0.620. The number of hydrogen-bond donors (Lipinski definition) is 1. The fraction of sp³-hybridized carbons (Fsp3) is 0.455. The molecule has 1 N–H and O–H groups in total. The van der Waals surface area contributed by atoms with E-state index in [9.17, 15) is 8.78 Å². The Kier molecular flexibility index (Phi) is 3.46. The highest BCUT2D eigenvalue weighted by Gasteiger charge is 2.16. The van der Waals surface area contributed by atoms with Gasteiger partial charge in [-0.15, -0.1) is 0 Å². The van der Waals surface area contributed by atoms with Crippen LogP contribution in [-0.2, 0) is 0 Å².